The number of nitrogens with one attached hydrogen (secondary N) is 2. The van der Waals surface area contributed by atoms with Gasteiger partial charge >= 0.3 is 0 Å². The number of nitrogens with zero attached hydrogens (tertiary/aromatic N) is 1. The summed E-state index contributed by atoms with van der Waals surface area (Å²) < 4.78 is 27.1. The summed E-state index contributed by atoms with van der Waals surface area (Å²) in [5.41, 5.74) is -0.139. The molecule has 1 aromatic rings. The van der Waals surface area contributed by atoms with Crippen LogP contribution in [0.5, 0.6) is 0 Å². The molecule has 2 N–H and O–H groups in total. The maximum atomic E-state index is 12.8. The molecule has 0 unspecified atom stereocenters. The summed E-state index contributed by atoms with van der Waals surface area (Å²) in [6, 6.07) is 5.99. The number of sulfonamides is 1. The smallest absolute Gasteiger partial charge is 0.276 e. The van der Waals surface area contributed by atoms with E-state index in [9.17, 15) is 18.0 Å². The van der Waals surface area contributed by atoms with Gasteiger partial charge < -0.3 is 10.2 Å². The summed E-state index contributed by atoms with van der Waals surface area (Å²) in [5.74, 6) is 2.47. The quantitative estimate of drug-likeness (QED) is 0.461. The molecule has 0 bridgehead atoms. The summed E-state index contributed by atoms with van der Waals surface area (Å²) in [4.78, 5) is 25.0. The fourth-order valence-electron chi connectivity index (χ4n) is 3.44. The fourth-order valence-corrected chi connectivity index (χ4v) is 4.88. The van der Waals surface area contributed by atoms with E-state index in [4.69, 9.17) is 6.42 Å². The lowest BCUT2D eigenvalue weighted by atomic mass is 9.94. The number of amides is 1. The largest absolute Gasteiger partial charge is 0.335 e. The van der Waals surface area contributed by atoms with Crippen molar-refractivity contribution in [3.8, 4) is 12.3 Å². The molecule has 158 valence electrons. The van der Waals surface area contributed by atoms with Crippen molar-refractivity contribution in [1.82, 2.24) is 9.62 Å². The van der Waals surface area contributed by atoms with Crippen molar-refractivity contribution in [3.05, 3.63) is 29.8 Å². The highest BCUT2D eigenvalue weighted by atomic mass is 32.2. The highest BCUT2D eigenvalue weighted by molar-refractivity contribution is 7.89. The van der Waals surface area contributed by atoms with E-state index >= 15 is 0 Å². The topological polar surface area (TPSA) is 88.0 Å². The van der Waals surface area contributed by atoms with E-state index in [1.54, 1.807) is 0 Å². The predicted octanol–water partition coefficient (Wildman–Crippen LogP) is 0.0866. The van der Waals surface area contributed by atoms with Crippen LogP contribution in [0.4, 0.5) is 0 Å². The van der Waals surface area contributed by atoms with Crippen LogP contribution >= 0.6 is 0 Å². The zero-order valence-corrected chi connectivity index (χ0v) is 18.1. The Morgan fingerprint density at radius 1 is 1.17 bits per heavy atom. The van der Waals surface area contributed by atoms with Crippen LogP contribution in [0.15, 0.2) is 29.2 Å². The molecular weight excluding hydrogens is 390 g/mol. The normalized spacial score (nSPS) is 16.2. The number of piperazine rings is 1. The summed E-state index contributed by atoms with van der Waals surface area (Å²) in [6.45, 7) is 7.36. The average Bonchev–Trinajstić information content (AvgIpc) is 2.72. The van der Waals surface area contributed by atoms with Gasteiger partial charge in [0.15, 0.2) is 12.3 Å². The summed E-state index contributed by atoms with van der Waals surface area (Å²) in [5, 5.41) is 2.95. The Kier molecular flexibility index (Phi) is 7.58. The molecule has 1 aliphatic heterocycles. The van der Waals surface area contributed by atoms with Gasteiger partial charge in [0.2, 0.25) is 10.0 Å². The van der Waals surface area contributed by atoms with E-state index in [0.29, 0.717) is 44.6 Å². The summed E-state index contributed by atoms with van der Waals surface area (Å²) in [7, 11) is -3.62. The van der Waals surface area contributed by atoms with Crippen molar-refractivity contribution in [2.75, 3.05) is 32.7 Å². The first kappa shape index (κ1) is 23.1. The molecule has 1 aromatic carbocycles. The van der Waals surface area contributed by atoms with Crippen molar-refractivity contribution < 1.29 is 22.9 Å². The third-order valence-corrected chi connectivity index (χ3v) is 7.51. The fraction of sp³-hybridized carbons (Fsp3) is 0.524. The molecule has 1 amide bonds. The SMILES string of the molecule is C#CC(CC)(CC)NC(=O)C[NH+]1CCN(S(=O)(=O)c2ccc(C(C)=O)cc2)CC1. The number of carbonyl (C=O) groups is 2. The number of hydrogen-bond donors (Lipinski definition) is 2. The Balaban J connectivity index is 1.95. The van der Waals surface area contributed by atoms with Crippen LogP contribution in [0.1, 0.15) is 44.0 Å². The molecule has 8 heteroatoms. The molecule has 1 aliphatic rings. The van der Waals surface area contributed by atoms with Crippen LogP contribution in [-0.2, 0) is 14.8 Å². The maximum absolute atomic E-state index is 12.8. The Morgan fingerprint density at radius 2 is 1.72 bits per heavy atom. The van der Waals surface area contributed by atoms with Crippen LogP contribution in [0.3, 0.4) is 0 Å². The van der Waals surface area contributed by atoms with Gasteiger partial charge in [0.1, 0.15) is 5.54 Å². The Hall–Kier alpha value is -2.21. The lowest BCUT2D eigenvalue weighted by Crippen LogP contribution is -3.16. The highest BCUT2D eigenvalue weighted by Gasteiger charge is 2.32. The molecule has 0 aromatic heterocycles. The first-order valence-electron chi connectivity index (χ1n) is 9.91. The zero-order chi connectivity index (χ0) is 21.7. The molecule has 0 aliphatic carbocycles. The number of terminal acetylenes is 1. The molecule has 1 fully saturated rings. The van der Waals surface area contributed by atoms with E-state index in [2.05, 4.69) is 11.2 Å². The number of rotatable bonds is 8. The lowest BCUT2D eigenvalue weighted by molar-refractivity contribution is -0.895. The van der Waals surface area contributed by atoms with Gasteiger partial charge in [-0.05, 0) is 31.9 Å². The third-order valence-electron chi connectivity index (χ3n) is 5.60. The minimum absolute atomic E-state index is 0.107. The van der Waals surface area contributed by atoms with Crippen LogP contribution in [0.2, 0.25) is 0 Å². The third kappa shape index (κ3) is 5.44. The maximum Gasteiger partial charge on any atom is 0.276 e. The molecule has 0 atom stereocenters. The number of quaternary nitrogens is 1. The Morgan fingerprint density at radius 3 is 2.17 bits per heavy atom. The van der Waals surface area contributed by atoms with Crippen LogP contribution in [0, 0.1) is 12.3 Å². The van der Waals surface area contributed by atoms with E-state index in [1.807, 2.05) is 13.8 Å². The monoisotopic (exact) mass is 420 g/mol. The zero-order valence-electron chi connectivity index (χ0n) is 17.3. The Bertz CT molecular complexity index is 875. The second-order valence-electron chi connectivity index (χ2n) is 7.39. The van der Waals surface area contributed by atoms with Crippen molar-refractivity contribution in [1.29, 1.82) is 0 Å². The molecule has 1 saturated heterocycles. The molecule has 29 heavy (non-hydrogen) atoms. The van der Waals surface area contributed by atoms with Crippen LogP contribution in [0.25, 0.3) is 0 Å². The summed E-state index contributed by atoms with van der Waals surface area (Å²) >= 11 is 0. The molecule has 1 heterocycles. The van der Waals surface area contributed by atoms with Crippen molar-refractivity contribution in [2.45, 2.75) is 44.0 Å². The van der Waals surface area contributed by atoms with Gasteiger partial charge in [-0.1, -0.05) is 31.9 Å². The number of carbonyl (C=O) groups excluding carboxylic acids is 2. The highest BCUT2D eigenvalue weighted by Crippen LogP contribution is 2.17. The van der Waals surface area contributed by atoms with Gasteiger partial charge in [0, 0.05) is 5.56 Å². The standard InChI is InChI=1S/C21H29N3O4S/c1-5-21(6-2,7-3)22-20(26)16-23-12-14-24(15-13-23)29(27,28)19-10-8-18(9-11-19)17(4)25/h1,8-11H,6-7,12-16H2,2-4H3,(H,22,26)/p+1. The van der Waals surface area contributed by atoms with Crippen LogP contribution in [-0.4, -0.2) is 62.7 Å². The lowest BCUT2D eigenvalue weighted by Gasteiger charge is -2.32. The average molecular weight is 421 g/mol. The van der Waals surface area contributed by atoms with E-state index < -0.39 is 15.6 Å². The van der Waals surface area contributed by atoms with Crippen molar-refractivity contribution in [3.63, 3.8) is 0 Å². The number of benzene rings is 1. The summed E-state index contributed by atoms with van der Waals surface area (Å²) in [6.07, 6.45) is 6.92. The molecule has 2 rings (SSSR count). The first-order valence-corrected chi connectivity index (χ1v) is 11.3. The van der Waals surface area contributed by atoms with Gasteiger partial charge in [0.25, 0.3) is 5.91 Å². The van der Waals surface area contributed by atoms with E-state index in [0.717, 1.165) is 4.90 Å². The second kappa shape index (κ2) is 9.53. The van der Waals surface area contributed by atoms with Gasteiger partial charge in [-0.25, -0.2) is 8.42 Å². The van der Waals surface area contributed by atoms with Gasteiger partial charge in [-0.3, -0.25) is 9.59 Å². The minimum atomic E-state index is -3.62. The molecule has 0 saturated carbocycles. The van der Waals surface area contributed by atoms with E-state index in [1.165, 1.54) is 35.5 Å². The van der Waals surface area contributed by atoms with Gasteiger partial charge in [-0.2, -0.15) is 4.31 Å². The molecule has 0 radical (unpaired) electrons. The molecular formula is C21H30N3O4S+. The van der Waals surface area contributed by atoms with E-state index in [-0.39, 0.29) is 23.1 Å². The van der Waals surface area contributed by atoms with Crippen molar-refractivity contribution in [2.24, 2.45) is 0 Å². The number of Topliss-reactive ketones (excluding diaryl/α,β-unsaturated/α-hetero) is 1. The minimum Gasteiger partial charge on any atom is -0.335 e. The number of hydrogen-bond acceptors (Lipinski definition) is 4. The predicted molar refractivity (Wildman–Crippen MR) is 111 cm³/mol. The second-order valence-corrected chi connectivity index (χ2v) is 9.33. The number of ketones is 1. The molecule has 7 nitrogen and oxygen atoms in total. The van der Waals surface area contributed by atoms with Crippen LogP contribution < -0.4 is 10.2 Å². The van der Waals surface area contributed by atoms with Gasteiger partial charge in [0.05, 0.1) is 31.1 Å². The first-order chi connectivity index (χ1) is 13.7. The molecule has 0 spiro atoms. The Labute approximate surface area is 173 Å². The van der Waals surface area contributed by atoms with Gasteiger partial charge in [-0.15, -0.1) is 6.42 Å². The van der Waals surface area contributed by atoms with Crippen molar-refractivity contribution >= 4 is 21.7 Å².